The van der Waals surface area contributed by atoms with Crippen LogP contribution in [-0.2, 0) is 21.2 Å². The number of hydrogen-bond acceptors (Lipinski definition) is 5. The molecule has 0 bridgehead atoms. The lowest BCUT2D eigenvalue weighted by Gasteiger charge is -2.31. The van der Waals surface area contributed by atoms with Crippen LogP contribution in [0, 0.1) is 13.8 Å². The van der Waals surface area contributed by atoms with E-state index < -0.39 is 15.9 Å². The lowest BCUT2D eigenvalue weighted by molar-refractivity contribution is -0.140. The number of hydrogen-bond donors (Lipinski definition) is 0. The number of ether oxygens (including phenoxy) is 1. The first-order valence-electron chi connectivity index (χ1n) is 11.7. The average Bonchev–Trinajstić information content (AvgIpc) is 3.15. The summed E-state index contributed by atoms with van der Waals surface area (Å²) in [5, 5.41) is 0. The Labute approximate surface area is 198 Å². The van der Waals surface area contributed by atoms with Gasteiger partial charge in [0.05, 0.1) is 11.5 Å². The number of sulfone groups is 1. The molecule has 0 spiro atoms. The minimum Gasteiger partial charge on any atom is -0.481 e. The van der Waals surface area contributed by atoms with E-state index in [4.69, 9.17) is 4.74 Å². The zero-order valence-electron chi connectivity index (χ0n) is 20.4. The van der Waals surface area contributed by atoms with E-state index in [1.807, 2.05) is 44.2 Å². The predicted molar refractivity (Wildman–Crippen MR) is 134 cm³/mol. The van der Waals surface area contributed by atoms with Crippen LogP contribution in [0.5, 0.6) is 5.75 Å². The summed E-state index contributed by atoms with van der Waals surface area (Å²) in [6.45, 7) is 12.2. The Morgan fingerprint density at radius 2 is 1.73 bits per heavy atom. The number of nitrogens with zero attached hydrogens (tertiary/aromatic N) is 2. The fraction of sp³-hybridized carbons (Fsp3) is 0.500. The Morgan fingerprint density at radius 1 is 1.06 bits per heavy atom. The molecule has 1 heterocycles. The Balaban J connectivity index is 1.80. The van der Waals surface area contributed by atoms with Gasteiger partial charge < -0.3 is 14.5 Å². The van der Waals surface area contributed by atoms with Crippen molar-refractivity contribution in [3.05, 3.63) is 59.2 Å². The monoisotopic (exact) mass is 472 g/mol. The zero-order chi connectivity index (χ0) is 24.2. The Kier molecular flexibility index (Phi) is 8.05. The second kappa shape index (κ2) is 10.6. The standard InChI is InChI=1S/C26H36N2O4S/c1-6-27(7-2)23-11-9-22(10-12-23)17-28(24-14-15-33(30,31)18-24)26(29)21(5)32-25-13-8-19(3)20(4)16-25/h8-13,16,21,24H,6-7,14-15,17-18H2,1-5H3. The lowest BCUT2D eigenvalue weighted by Crippen LogP contribution is -2.46. The quantitative estimate of drug-likeness (QED) is 0.549. The molecule has 1 amide bonds. The second-order valence-corrected chi connectivity index (χ2v) is 11.1. The van der Waals surface area contributed by atoms with Crippen LogP contribution in [0.2, 0.25) is 0 Å². The summed E-state index contributed by atoms with van der Waals surface area (Å²) in [6, 6.07) is 13.6. The molecule has 1 aliphatic rings. The van der Waals surface area contributed by atoms with Crippen molar-refractivity contribution in [2.75, 3.05) is 29.5 Å². The molecule has 0 saturated carbocycles. The van der Waals surface area contributed by atoms with Crippen molar-refractivity contribution in [1.82, 2.24) is 4.90 Å². The molecule has 180 valence electrons. The first kappa shape index (κ1) is 25.1. The van der Waals surface area contributed by atoms with Crippen LogP contribution in [-0.4, -0.2) is 56.0 Å². The van der Waals surface area contributed by atoms with Crippen LogP contribution in [0.25, 0.3) is 0 Å². The molecule has 2 aromatic rings. The van der Waals surface area contributed by atoms with E-state index >= 15 is 0 Å². The molecule has 1 fully saturated rings. The molecule has 0 N–H and O–H groups in total. The average molecular weight is 473 g/mol. The molecule has 3 rings (SSSR count). The number of rotatable bonds is 9. The maximum atomic E-state index is 13.5. The van der Waals surface area contributed by atoms with Crippen LogP contribution in [0.4, 0.5) is 5.69 Å². The van der Waals surface area contributed by atoms with Crippen molar-refractivity contribution in [1.29, 1.82) is 0 Å². The van der Waals surface area contributed by atoms with Gasteiger partial charge in [0.1, 0.15) is 5.75 Å². The minimum atomic E-state index is -3.13. The fourth-order valence-corrected chi connectivity index (χ4v) is 6.01. The minimum absolute atomic E-state index is 0.00658. The summed E-state index contributed by atoms with van der Waals surface area (Å²) in [6.07, 6.45) is -0.257. The molecule has 7 heteroatoms. The zero-order valence-corrected chi connectivity index (χ0v) is 21.2. The molecule has 1 saturated heterocycles. The molecule has 0 aromatic heterocycles. The number of amides is 1. The molecule has 0 radical (unpaired) electrons. The summed E-state index contributed by atoms with van der Waals surface area (Å²) in [4.78, 5) is 17.4. The van der Waals surface area contributed by atoms with Crippen molar-refractivity contribution in [2.45, 2.75) is 59.7 Å². The predicted octanol–water partition coefficient (Wildman–Crippen LogP) is 4.13. The lowest BCUT2D eigenvalue weighted by atomic mass is 10.1. The van der Waals surface area contributed by atoms with Crippen LogP contribution in [0.3, 0.4) is 0 Å². The Hall–Kier alpha value is -2.54. The van der Waals surface area contributed by atoms with Crippen molar-refractivity contribution in [3.63, 3.8) is 0 Å². The number of carbonyl (C=O) groups excluding carboxylic acids is 1. The molecule has 6 nitrogen and oxygen atoms in total. The second-order valence-electron chi connectivity index (χ2n) is 8.87. The van der Waals surface area contributed by atoms with E-state index in [1.54, 1.807) is 11.8 Å². The van der Waals surface area contributed by atoms with Crippen molar-refractivity contribution in [3.8, 4) is 5.75 Å². The van der Waals surface area contributed by atoms with Gasteiger partial charge in [-0.25, -0.2) is 8.42 Å². The van der Waals surface area contributed by atoms with E-state index in [0.29, 0.717) is 18.7 Å². The van der Waals surface area contributed by atoms with Crippen molar-refractivity contribution in [2.24, 2.45) is 0 Å². The highest BCUT2D eigenvalue weighted by molar-refractivity contribution is 7.91. The highest BCUT2D eigenvalue weighted by Gasteiger charge is 2.36. The van der Waals surface area contributed by atoms with Crippen LogP contribution in [0.1, 0.15) is 43.9 Å². The summed E-state index contributed by atoms with van der Waals surface area (Å²) in [7, 11) is -3.13. The molecule has 1 aliphatic heterocycles. The first-order chi connectivity index (χ1) is 15.6. The summed E-state index contributed by atoms with van der Waals surface area (Å²) in [5.74, 6) is 0.575. The molecular formula is C26H36N2O4S. The van der Waals surface area contributed by atoms with Gasteiger partial charge >= 0.3 is 0 Å². The maximum absolute atomic E-state index is 13.5. The summed E-state index contributed by atoms with van der Waals surface area (Å²) in [5.41, 5.74) is 4.37. The van der Waals surface area contributed by atoms with Gasteiger partial charge in [-0.2, -0.15) is 0 Å². The van der Waals surface area contributed by atoms with Gasteiger partial charge in [0, 0.05) is 31.4 Å². The molecule has 2 unspecified atom stereocenters. The van der Waals surface area contributed by atoms with Gasteiger partial charge in [0.15, 0.2) is 15.9 Å². The van der Waals surface area contributed by atoms with Crippen molar-refractivity contribution >= 4 is 21.4 Å². The van der Waals surface area contributed by atoms with Crippen LogP contribution in [0.15, 0.2) is 42.5 Å². The third-order valence-electron chi connectivity index (χ3n) is 6.49. The maximum Gasteiger partial charge on any atom is 0.263 e. The van der Waals surface area contributed by atoms with E-state index in [9.17, 15) is 13.2 Å². The highest BCUT2D eigenvalue weighted by atomic mass is 32.2. The largest absolute Gasteiger partial charge is 0.481 e. The first-order valence-corrected chi connectivity index (χ1v) is 13.5. The summed E-state index contributed by atoms with van der Waals surface area (Å²) >= 11 is 0. The molecule has 2 atom stereocenters. The third-order valence-corrected chi connectivity index (χ3v) is 8.24. The molecule has 0 aliphatic carbocycles. The number of aryl methyl sites for hydroxylation is 2. The van der Waals surface area contributed by atoms with Gasteiger partial charge in [0.25, 0.3) is 5.91 Å². The SMILES string of the molecule is CCN(CC)c1ccc(CN(C(=O)C(C)Oc2ccc(C)c(C)c2)C2CCS(=O)(=O)C2)cc1. The van der Waals surface area contributed by atoms with Gasteiger partial charge in [-0.3, -0.25) is 4.79 Å². The highest BCUT2D eigenvalue weighted by Crippen LogP contribution is 2.24. The Bertz CT molecular complexity index is 1060. The topological polar surface area (TPSA) is 66.9 Å². The van der Waals surface area contributed by atoms with Gasteiger partial charge in [0.2, 0.25) is 0 Å². The number of anilines is 1. The van der Waals surface area contributed by atoms with Gasteiger partial charge in [-0.15, -0.1) is 0 Å². The van der Waals surface area contributed by atoms with Gasteiger partial charge in [-0.1, -0.05) is 18.2 Å². The normalized spacial score (nSPS) is 18.0. The number of carbonyl (C=O) groups is 1. The fourth-order valence-electron chi connectivity index (χ4n) is 4.28. The van der Waals surface area contributed by atoms with Crippen molar-refractivity contribution < 1.29 is 17.9 Å². The van der Waals surface area contributed by atoms with Gasteiger partial charge in [-0.05, 0) is 82.0 Å². The Morgan fingerprint density at radius 3 is 2.27 bits per heavy atom. The molecular weight excluding hydrogens is 436 g/mol. The van der Waals surface area contributed by atoms with Crippen LogP contribution < -0.4 is 9.64 Å². The van der Waals surface area contributed by atoms with E-state index in [-0.39, 0.29) is 23.5 Å². The number of benzene rings is 2. The smallest absolute Gasteiger partial charge is 0.263 e. The van der Waals surface area contributed by atoms with Crippen LogP contribution >= 0.6 is 0 Å². The van der Waals surface area contributed by atoms with E-state index in [0.717, 1.165) is 35.5 Å². The summed E-state index contributed by atoms with van der Waals surface area (Å²) < 4.78 is 30.3. The van der Waals surface area contributed by atoms with E-state index in [2.05, 4.69) is 30.9 Å². The van der Waals surface area contributed by atoms with E-state index in [1.165, 1.54) is 0 Å². The molecule has 2 aromatic carbocycles. The third kappa shape index (κ3) is 6.28. The molecule has 33 heavy (non-hydrogen) atoms.